The molecule has 0 bridgehead atoms. The van der Waals surface area contributed by atoms with Crippen LogP contribution >= 0.6 is 0 Å². The molecule has 17 heavy (non-hydrogen) atoms. The Morgan fingerprint density at radius 3 is 2.06 bits per heavy atom. The lowest BCUT2D eigenvalue weighted by Crippen LogP contribution is -2.48. The van der Waals surface area contributed by atoms with E-state index in [9.17, 15) is 4.79 Å². The molecule has 0 saturated heterocycles. The maximum Gasteiger partial charge on any atom is 0.407 e. The van der Waals surface area contributed by atoms with Crippen LogP contribution in [0.15, 0.2) is 0 Å². The second-order valence-electron chi connectivity index (χ2n) is 6.22. The van der Waals surface area contributed by atoms with Crippen LogP contribution in [0.4, 0.5) is 4.79 Å². The van der Waals surface area contributed by atoms with Crippen LogP contribution in [-0.2, 0) is 9.47 Å². The molecule has 0 fully saturated rings. The first kappa shape index (κ1) is 16.2. The van der Waals surface area contributed by atoms with Crippen molar-refractivity contribution in [1.82, 2.24) is 5.32 Å². The SMILES string of the molecule is CCOC[C@@H](NC(=O)OC(C)(C)C)C(C)(C)C. The lowest BCUT2D eigenvalue weighted by Gasteiger charge is -2.32. The summed E-state index contributed by atoms with van der Waals surface area (Å²) < 4.78 is 10.6. The Hall–Kier alpha value is -0.770. The zero-order chi connectivity index (χ0) is 13.7. The van der Waals surface area contributed by atoms with Crippen LogP contribution in [0, 0.1) is 5.41 Å². The minimum atomic E-state index is -0.474. The van der Waals surface area contributed by atoms with Gasteiger partial charge < -0.3 is 14.8 Å². The molecule has 1 amide bonds. The van der Waals surface area contributed by atoms with E-state index in [1.807, 2.05) is 27.7 Å². The minimum absolute atomic E-state index is 0.0581. The highest BCUT2D eigenvalue weighted by atomic mass is 16.6. The van der Waals surface area contributed by atoms with Gasteiger partial charge in [-0.3, -0.25) is 0 Å². The molecule has 0 aromatic rings. The lowest BCUT2D eigenvalue weighted by atomic mass is 9.87. The minimum Gasteiger partial charge on any atom is -0.444 e. The van der Waals surface area contributed by atoms with Gasteiger partial charge in [-0.05, 0) is 33.1 Å². The van der Waals surface area contributed by atoms with Crippen LogP contribution in [0.3, 0.4) is 0 Å². The summed E-state index contributed by atoms with van der Waals surface area (Å²) in [5, 5.41) is 2.86. The third-order valence-corrected chi connectivity index (χ3v) is 2.22. The van der Waals surface area contributed by atoms with Crippen molar-refractivity contribution in [2.24, 2.45) is 5.41 Å². The quantitative estimate of drug-likeness (QED) is 0.828. The molecule has 102 valence electrons. The van der Waals surface area contributed by atoms with E-state index in [1.54, 1.807) is 0 Å². The third kappa shape index (κ3) is 8.02. The predicted octanol–water partition coefficient (Wildman–Crippen LogP) is 2.96. The standard InChI is InChI=1S/C13H27NO3/c1-8-16-9-10(12(2,3)4)14-11(15)17-13(5,6)7/h10H,8-9H2,1-7H3,(H,14,15)/t10-/m1/s1. The number of ether oxygens (including phenoxy) is 2. The van der Waals surface area contributed by atoms with Crippen molar-refractivity contribution < 1.29 is 14.3 Å². The van der Waals surface area contributed by atoms with E-state index in [1.165, 1.54) is 0 Å². The molecule has 0 aromatic carbocycles. The molecule has 0 aliphatic heterocycles. The van der Waals surface area contributed by atoms with Crippen molar-refractivity contribution in [2.45, 2.75) is 60.1 Å². The van der Waals surface area contributed by atoms with Crippen LogP contribution in [0.1, 0.15) is 48.5 Å². The lowest BCUT2D eigenvalue weighted by molar-refractivity contribution is 0.0345. The Bertz CT molecular complexity index is 238. The summed E-state index contributed by atoms with van der Waals surface area (Å²) in [5.74, 6) is 0. The molecule has 0 radical (unpaired) electrons. The van der Waals surface area contributed by atoms with E-state index in [-0.39, 0.29) is 11.5 Å². The second-order valence-corrected chi connectivity index (χ2v) is 6.22. The number of carbonyl (C=O) groups is 1. The fourth-order valence-electron chi connectivity index (χ4n) is 1.19. The van der Waals surface area contributed by atoms with Gasteiger partial charge in [0.15, 0.2) is 0 Å². The van der Waals surface area contributed by atoms with Crippen molar-refractivity contribution in [1.29, 1.82) is 0 Å². The van der Waals surface area contributed by atoms with Crippen molar-refractivity contribution in [3.8, 4) is 0 Å². The van der Waals surface area contributed by atoms with Gasteiger partial charge in [-0.25, -0.2) is 4.79 Å². The van der Waals surface area contributed by atoms with Crippen molar-refractivity contribution in [2.75, 3.05) is 13.2 Å². The van der Waals surface area contributed by atoms with Gasteiger partial charge in [0.1, 0.15) is 5.60 Å². The van der Waals surface area contributed by atoms with Gasteiger partial charge in [-0.1, -0.05) is 20.8 Å². The summed E-state index contributed by atoms with van der Waals surface area (Å²) in [7, 11) is 0. The highest BCUT2D eigenvalue weighted by Crippen LogP contribution is 2.20. The van der Waals surface area contributed by atoms with Gasteiger partial charge >= 0.3 is 6.09 Å². The first-order chi connectivity index (χ1) is 7.56. The Kier molecular flexibility index (Phi) is 5.96. The Labute approximate surface area is 105 Å². The fourth-order valence-corrected chi connectivity index (χ4v) is 1.19. The molecule has 0 rings (SSSR count). The predicted molar refractivity (Wildman–Crippen MR) is 69.1 cm³/mol. The van der Waals surface area contributed by atoms with E-state index >= 15 is 0 Å². The number of amides is 1. The topological polar surface area (TPSA) is 47.6 Å². The summed E-state index contributed by atoms with van der Waals surface area (Å²) in [6, 6.07) is -0.0581. The van der Waals surface area contributed by atoms with E-state index in [0.29, 0.717) is 13.2 Å². The molecule has 1 atom stereocenters. The van der Waals surface area contributed by atoms with E-state index in [2.05, 4.69) is 26.1 Å². The number of rotatable bonds is 4. The Morgan fingerprint density at radius 2 is 1.71 bits per heavy atom. The first-order valence-corrected chi connectivity index (χ1v) is 6.13. The smallest absolute Gasteiger partial charge is 0.407 e. The number of hydrogen-bond acceptors (Lipinski definition) is 3. The number of carbonyl (C=O) groups excluding carboxylic acids is 1. The van der Waals surface area contributed by atoms with Crippen LogP contribution in [0.2, 0.25) is 0 Å². The van der Waals surface area contributed by atoms with Crippen LogP contribution < -0.4 is 5.32 Å². The zero-order valence-electron chi connectivity index (χ0n) is 12.2. The maximum absolute atomic E-state index is 11.7. The molecule has 0 saturated carbocycles. The van der Waals surface area contributed by atoms with Gasteiger partial charge in [0.05, 0.1) is 12.6 Å². The average molecular weight is 245 g/mol. The summed E-state index contributed by atoms with van der Waals surface area (Å²) in [6.45, 7) is 14.8. The largest absolute Gasteiger partial charge is 0.444 e. The normalized spacial score (nSPS) is 14.3. The summed E-state index contributed by atoms with van der Waals surface area (Å²) in [4.78, 5) is 11.7. The number of nitrogens with one attached hydrogen (secondary N) is 1. The highest BCUT2D eigenvalue weighted by molar-refractivity contribution is 5.68. The van der Waals surface area contributed by atoms with E-state index < -0.39 is 11.7 Å². The van der Waals surface area contributed by atoms with Gasteiger partial charge in [-0.2, -0.15) is 0 Å². The van der Waals surface area contributed by atoms with Crippen LogP contribution in [0.5, 0.6) is 0 Å². The molecule has 0 aliphatic rings. The molecule has 0 aliphatic carbocycles. The van der Waals surface area contributed by atoms with E-state index in [0.717, 1.165) is 0 Å². The molecule has 0 heterocycles. The molecule has 4 heteroatoms. The van der Waals surface area contributed by atoms with Gasteiger partial charge in [0.2, 0.25) is 0 Å². The fraction of sp³-hybridized carbons (Fsp3) is 0.923. The summed E-state index contributed by atoms with van der Waals surface area (Å²) in [5.41, 5.74) is -0.537. The van der Waals surface area contributed by atoms with E-state index in [4.69, 9.17) is 9.47 Å². The summed E-state index contributed by atoms with van der Waals surface area (Å²) in [6.07, 6.45) is -0.392. The van der Waals surface area contributed by atoms with Crippen molar-refractivity contribution in [3.63, 3.8) is 0 Å². The molecule has 0 spiro atoms. The molecule has 1 N–H and O–H groups in total. The number of hydrogen-bond donors (Lipinski definition) is 1. The monoisotopic (exact) mass is 245 g/mol. The molecule has 0 unspecified atom stereocenters. The van der Waals surface area contributed by atoms with Crippen LogP contribution in [0.25, 0.3) is 0 Å². The first-order valence-electron chi connectivity index (χ1n) is 6.13. The Morgan fingerprint density at radius 1 is 1.18 bits per heavy atom. The van der Waals surface area contributed by atoms with Crippen molar-refractivity contribution >= 4 is 6.09 Å². The Balaban J connectivity index is 4.39. The number of alkyl carbamates (subject to hydrolysis) is 1. The maximum atomic E-state index is 11.7. The van der Waals surface area contributed by atoms with Gasteiger partial charge in [-0.15, -0.1) is 0 Å². The average Bonchev–Trinajstić information content (AvgIpc) is 2.07. The van der Waals surface area contributed by atoms with Crippen molar-refractivity contribution in [3.05, 3.63) is 0 Å². The zero-order valence-corrected chi connectivity index (χ0v) is 12.2. The van der Waals surface area contributed by atoms with Gasteiger partial charge in [0.25, 0.3) is 0 Å². The van der Waals surface area contributed by atoms with Crippen LogP contribution in [-0.4, -0.2) is 30.9 Å². The van der Waals surface area contributed by atoms with Gasteiger partial charge in [0, 0.05) is 6.61 Å². The third-order valence-electron chi connectivity index (χ3n) is 2.22. The molecular weight excluding hydrogens is 218 g/mol. The molecule has 0 aromatic heterocycles. The summed E-state index contributed by atoms with van der Waals surface area (Å²) >= 11 is 0. The highest BCUT2D eigenvalue weighted by Gasteiger charge is 2.28. The molecule has 4 nitrogen and oxygen atoms in total. The second kappa shape index (κ2) is 6.24. The molecular formula is C13H27NO3.